The van der Waals surface area contributed by atoms with Gasteiger partial charge >= 0.3 is 0 Å². The highest BCUT2D eigenvalue weighted by atomic mass is 32.1. The molecule has 96 valence electrons. The van der Waals surface area contributed by atoms with Gasteiger partial charge in [-0.1, -0.05) is 13.8 Å². The van der Waals surface area contributed by atoms with Crippen LogP contribution in [0.2, 0.25) is 0 Å². The topological polar surface area (TPSA) is 15.3 Å². The van der Waals surface area contributed by atoms with Crippen molar-refractivity contribution in [1.82, 2.24) is 10.2 Å². The minimum Gasteiger partial charge on any atom is -0.315 e. The van der Waals surface area contributed by atoms with Gasteiger partial charge in [0, 0.05) is 28.9 Å². The predicted octanol–water partition coefficient (Wildman–Crippen LogP) is 3.09. The molecule has 2 rings (SSSR count). The quantitative estimate of drug-likeness (QED) is 0.866. The van der Waals surface area contributed by atoms with Crippen LogP contribution in [0.4, 0.5) is 0 Å². The molecule has 1 unspecified atom stereocenters. The molecule has 1 atom stereocenters. The van der Waals surface area contributed by atoms with Crippen LogP contribution in [0.1, 0.15) is 36.4 Å². The number of thiophene rings is 1. The van der Waals surface area contributed by atoms with E-state index in [4.69, 9.17) is 0 Å². The zero-order valence-corrected chi connectivity index (χ0v) is 12.0. The van der Waals surface area contributed by atoms with Crippen molar-refractivity contribution in [2.75, 3.05) is 13.6 Å². The van der Waals surface area contributed by atoms with E-state index in [1.807, 2.05) is 18.4 Å². The van der Waals surface area contributed by atoms with E-state index in [9.17, 15) is 0 Å². The first-order valence-corrected chi connectivity index (χ1v) is 7.48. The number of likely N-dealkylation sites (tertiary alicyclic amines) is 1. The third-order valence-corrected chi connectivity index (χ3v) is 4.68. The molecule has 1 aromatic heterocycles. The van der Waals surface area contributed by atoms with Gasteiger partial charge in [0.1, 0.15) is 0 Å². The Hall–Kier alpha value is -0.380. The third kappa shape index (κ3) is 3.30. The van der Waals surface area contributed by atoms with Crippen molar-refractivity contribution in [3.05, 3.63) is 21.9 Å². The van der Waals surface area contributed by atoms with Gasteiger partial charge < -0.3 is 5.32 Å². The summed E-state index contributed by atoms with van der Waals surface area (Å²) < 4.78 is 0. The van der Waals surface area contributed by atoms with Crippen LogP contribution in [-0.2, 0) is 13.1 Å². The van der Waals surface area contributed by atoms with E-state index >= 15 is 0 Å². The standard InChI is InChI=1S/C14H24N2S/c1-11(2)14-5-4-8-16(14)10-13-7-6-12(17-13)9-15-3/h6-7,11,14-15H,4-5,8-10H2,1-3H3. The lowest BCUT2D eigenvalue weighted by atomic mass is 10.0. The lowest BCUT2D eigenvalue weighted by Crippen LogP contribution is -2.32. The number of rotatable bonds is 5. The van der Waals surface area contributed by atoms with Crippen LogP contribution in [0, 0.1) is 5.92 Å². The molecule has 0 aromatic carbocycles. The van der Waals surface area contributed by atoms with Gasteiger partial charge in [0.2, 0.25) is 0 Å². The first kappa shape index (κ1) is 13.1. The van der Waals surface area contributed by atoms with Gasteiger partial charge in [-0.05, 0) is 44.5 Å². The molecule has 0 saturated carbocycles. The van der Waals surface area contributed by atoms with Gasteiger partial charge in [0.05, 0.1) is 0 Å². The second-order valence-electron chi connectivity index (χ2n) is 5.32. The average Bonchev–Trinajstić information content (AvgIpc) is 2.89. The zero-order valence-electron chi connectivity index (χ0n) is 11.2. The van der Waals surface area contributed by atoms with Crippen LogP contribution in [-0.4, -0.2) is 24.5 Å². The number of hydrogen-bond acceptors (Lipinski definition) is 3. The molecular formula is C14H24N2S. The summed E-state index contributed by atoms with van der Waals surface area (Å²) in [6.45, 7) is 8.13. The largest absolute Gasteiger partial charge is 0.315 e. The van der Waals surface area contributed by atoms with Crippen molar-refractivity contribution in [2.45, 2.75) is 45.8 Å². The minimum absolute atomic E-state index is 0.786. The summed E-state index contributed by atoms with van der Waals surface area (Å²) >= 11 is 1.95. The Balaban J connectivity index is 1.95. The molecular weight excluding hydrogens is 228 g/mol. The van der Waals surface area contributed by atoms with E-state index in [1.54, 1.807) is 0 Å². The highest BCUT2D eigenvalue weighted by Crippen LogP contribution is 2.27. The summed E-state index contributed by atoms with van der Waals surface area (Å²) in [5, 5.41) is 3.21. The van der Waals surface area contributed by atoms with Crippen LogP contribution in [0.25, 0.3) is 0 Å². The molecule has 17 heavy (non-hydrogen) atoms. The Bertz CT molecular complexity index is 346. The van der Waals surface area contributed by atoms with Crippen molar-refractivity contribution in [3.63, 3.8) is 0 Å². The van der Waals surface area contributed by atoms with Crippen LogP contribution < -0.4 is 5.32 Å². The fraction of sp³-hybridized carbons (Fsp3) is 0.714. The monoisotopic (exact) mass is 252 g/mol. The van der Waals surface area contributed by atoms with Gasteiger partial charge in [0.25, 0.3) is 0 Å². The van der Waals surface area contributed by atoms with Gasteiger partial charge in [-0.15, -0.1) is 11.3 Å². The number of nitrogens with zero attached hydrogens (tertiary/aromatic N) is 1. The van der Waals surface area contributed by atoms with Crippen LogP contribution >= 0.6 is 11.3 Å². The molecule has 1 aliphatic rings. The lowest BCUT2D eigenvalue weighted by Gasteiger charge is -2.26. The van der Waals surface area contributed by atoms with Crippen LogP contribution in [0.3, 0.4) is 0 Å². The summed E-state index contributed by atoms with van der Waals surface area (Å²) in [4.78, 5) is 5.63. The normalized spacial score (nSPS) is 21.5. The first-order chi connectivity index (χ1) is 8.20. The van der Waals surface area contributed by atoms with Crippen molar-refractivity contribution < 1.29 is 0 Å². The molecule has 1 aliphatic heterocycles. The van der Waals surface area contributed by atoms with Crippen molar-refractivity contribution in [2.24, 2.45) is 5.92 Å². The van der Waals surface area contributed by atoms with E-state index < -0.39 is 0 Å². The molecule has 0 radical (unpaired) electrons. The second kappa shape index (κ2) is 5.98. The van der Waals surface area contributed by atoms with Gasteiger partial charge in [-0.25, -0.2) is 0 Å². The Morgan fingerprint density at radius 2 is 2.18 bits per heavy atom. The maximum Gasteiger partial charge on any atom is 0.0331 e. The van der Waals surface area contributed by atoms with E-state index in [0.717, 1.165) is 25.0 Å². The number of nitrogens with one attached hydrogen (secondary N) is 1. The molecule has 1 N–H and O–H groups in total. The van der Waals surface area contributed by atoms with Gasteiger partial charge in [-0.3, -0.25) is 4.90 Å². The zero-order chi connectivity index (χ0) is 12.3. The van der Waals surface area contributed by atoms with E-state index in [0.29, 0.717) is 0 Å². The molecule has 0 aliphatic carbocycles. The first-order valence-electron chi connectivity index (χ1n) is 6.67. The highest BCUT2D eigenvalue weighted by molar-refractivity contribution is 7.11. The Kier molecular flexibility index (Phi) is 4.60. The van der Waals surface area contributed by atoms with Gasteiger partial charge in [-0.2, -0.15) is 0 Å². The predicted molar refractivity (Wildman–Crippen MR) is 75.4 cm³/mol. The van der Waals surface area contributed by atoms with E-state index in [1.165, 1.54) is 29.1 Å². The highest BCUT2D eigenvalue weighted by Gasteiger charge is 2.26. The second-order valence-corrected chi connectivity index (χ2v) is 6.58. The molecule has 0 amide bonds. The molecule has 0 spiro atoms. The fourth-order valence-corrected chi connectivity index (χ4v) is 3.84. The maximum atomic E-state index is 3.21. The van der Waals surface area contributed by atoms with Gasteiger partial charge in [0.15, 0.2) is 0 Å². The fourth-order valence-electron chi connectivity index (χ4n) is 2.78. The Morgan fingerprint density at radius 1 is 1.41 bits per heavy atom. The average molecular weight is 252 g/mol. The molecule has 1 aromatic rings. The van der Waals surface area contributed by atoms with E-state index in [2.05, 4.69) is 36.2 Å². The molecule has 2 heterocycles. The SMILES string of the molecule is CNCc1ccc(CN2CCCC2C(C)C)s1. The molecule has 1 fully saturated rings. The summed E-state index contributed by atoms with van der Waals surface area (Å²) in [6, 6.07) is 5.36. The van der Waals surface area contributed by atoms with Crippen molar-refractivity contribution in [3.8, 4) is 0 Å². The summed E-state index contributed by atoms with van der Waals surface area (Å²) in [5.74, 6) is 0.786. The lowest BCUT2D eigenvalue weighted by molar-refractivity contribution is 0.200. The molecule has 3 heteroatoms. The number of hydrogen-bond donors (Lipinski definition) is 1. The van der Waals surface area contributed by atoms with Crippen molar-refractivity contribution >= 4 is 11.3 Å². The maximum absolute atomic E-state index is 3.21. The summed E-state index contributed by atoms with van der Waals surface area (Å²) in [5.41, 5.74) is 0. The van der Waals surface area contributed by atoms with Crippen molar-refractivity contribution in [1.29, 1.82) is 0 Å². The van der Waals surface area contributed by atoms with Crippen LogP contribution in [0.15, 0.2) is 12.1 Å². The summed E-state index contributed by atoms with van der Waals surface area (Å²) in [7, 11) is 2.01. The molecule has 1 saturated heterocycles. The van der Waals surface area contributed by atoms with E-state index in [-0.39, 0.29) is 0 Å². The third-order valence-electron chi connectivity index (χ3n) is 3.61. The summed E-state index contributed by atoms with van der Waals surface area (Å²) in [6.07, 6.45) is 2.75. The molecule has 0 bridgehead atoms. The Labute approximate surface area is 109 Å². The smallest absolute Gasteiger partial charge is 0.0331 e. The minimum atomic E-state index is 0.786. The molecule has 2 nitrogen and oxygen atoms in total. The van der Waals surface area contributed by atoms with Crippen LogP contribution in [0.5, 0.6) is 0 Å². The Morgan fingerprint density at radius 3 is 2.88 bits per heavy atom.